The van der Waals surface area contributed by atoms with E-state index in [1.54, 1.807) is 29.6 Å². The van der Waals surface area contributed by atoms with Crippen molar-refractivity contribution >= 4 is 11.6 Å². The Hall–Kier alpha value is -3.30. The number of carbonyl (C=O) groups is 1. The maximum atomic E-state index is 13.4. The van der Waals surface area contributed by atoms with Crippen molar-refractivity contribution < 1.29 is 13.6 Å². The zero-order chi connectivity index (χ0) is 22.0. The van der Waals surface area contributed by atoms with Crippen LogP contribution in [0.3, 0.4) is 0 Å². The molecule has 0 aromatic carbocycles. The standard InChI is InChI=1S/C22H23F2N7O/c1-29-12-26-20-18(4-5-19(20)29)28-21(32)13-6-27-31(8-13)9-14-2-3-15(7-25-14)30-10-16-17(11-30)22(16,23)24/h2-3,6-8,12,16-18H,4-5,9-11H2,1H3,(H,28,32)/t16?,17?,18-/m1/s1. The fourth-order valence-corrected chi connectivity index (χ4v) is 5.02. The molecule has 1 amide bonds. The number of alkyl halides is 2. The number of carbonyl (C=O) groups excluding carboxylic acids is 1. The van der Waals surface area contributed by atoms with Gasteiger partial charge in [0.25, 0.3) is 11.8 Å². The molecule has 2 aliphatic carbocycles. The summed E-state index contributed by atoms with van der Waals surface area (Å²) in [6.45, 7) is 1.19. The lowest BCUT2D eigenvalue weighted by molar-refractivity contribution is 0.0797. The normalized spacial score (nSPS) is 25.0. The first-order chi connectivity index (χ1) is 15.4. The first kappa shape index (κ1) is 19.4. The molecule has 1 saturated carbocycles. The number of hydrogen-bond donors (Lipinski definition) is 1. The van der Waals surface area contributed by atoms with Crippen molar-refractivity contribution in [1.29, 1.82) is 0 Å². The van der Waals surface area contributed by atoms with E-state index in [9.17, 15) is 13.6 Å². The average Bonchev–Trinajstić information content (AvgIpc) is 3.41. The van der Waals surface area contributed by atoms with Crippen LogP contribution >= 0.6 is 0 Å². The van der Waals surface area contributed by atoms with Crippen LogP contribution in [0, 0.1) is 11.8 Å². The summed E-state index contributed by atoms with van der Waals surface area (Å²) in [7, 11) is 1.96. The fraction of sp³-hybridized carbons (Fsp3) is 0.455. The number of pyridine rings is 1. The van der Waals surface area contributed by atoms with Gasteiger partial charge < -0.3 is 14.8 Å². The topological polar surface area (TPSA) is 80.9 Å². The number of nitrogens with one attached hydrogen (secondary N) is 1. The Labute approximate surface area is 183 Å². The Kier molecular flexibility index (Phi) is 4.15. The highest BCUT2D eigenvalue weighted by Crippen LogP contribution is 2.59. The van der Waals surface area contributed by atoms with Gasteiger partial charge >= 0.3 is 0 Å². The van der Waals surface area contributed by atoms with Gasteiger partial charge in [-0.2, -0.15) is 5.10 Å². The predicted molar refractivity (Wildman–Crippen MR) is 111 cm³/mol. The molecular weight excluding hydrogens is 416 g/mol. The van der Waals surface area contributed by atoms with Gasteiger partial charge in [-0.1, -0.05) is 0 Å². The molecule has 0 bridgehead atoms. The van der Waals surface area contributed by atoms with E-state index >= 15 is 0 Å². The summed E-state index contributed by atoms with van der Waals surface area (Å²) in [4.78, 5) is 23.5. The van der Waals surface area contributed by atoms with Crippen LogP contribution < -0.4 is 10.2 Å². The number of rotatable bonds is 5. The van der Waals surface area contributed by atoms with Crippen LogP contribution in [0.2, 0.25) is 0 Å². The number of amides is 1. The zero-order valence-corrected chi connectivity index (χ0v) is 17.6. The summed E-state index contributed by atoms with van der Waals surface area (Å²) in [5.74, 6) is -3.67. The highest BCUT2D eigenvalue weighted by Gasteiger charge is 2.71. The molecule has 2 fully saturated rings. The third kappa shape index (κ3) is 3.08. The number of hydrogen-bond acceptors (Lipinski definition) is 5. The summed E-state index contributed by atoms with van der Waals surface area (Å²) < 4.78 is 30.5. The molecule has 3 aromatic rings. The average molecular weight is 439 g/mol. The minimum atomic E-state index is -2.48. The van der Waals surface area contributed by atoms with Crippen LogP contribution in [0.25, 0.3) is 0 Å². The summed E-state index contributed by atoms with van der Waals surface area (Å²) in [5, 5.41) is 7.34. The second-order valence-corrected chi connectivity index (χ2v) is 8.98. The second kappa shape index (κ2) is 6.85. The molecule has 2 unspecified atom stereocenters. The maximum absolute atomic E-state index is 13.4. The van der Waals surface area contributed by atoms with Crippen LogP contribution in [0.5, 0.6) is 0 Å². The largest absolute Gasteiger partial charge is 0.369 e. The molecule has 0 spiro atoms. The summed E-state index contributed by atoms with van der Waals surface area (Å²) >= 11 is 0. The van der Waals surface area contributed by atoms with E-state index in [-0.39, 0.29) is 11.9 Å². The lowest BCUT2D eigenvalue weighted by Gasteiger charge is -2.21. The van der Waals surface area contributed by atoms with Gasteiger partial charge in [-0.05, 0) is 25.0 Å². The number of anilines is 1. The summed E-state index contributed by atoms with van der Waals surface area (Å²) in [5.41, 5.74) is 4.25. The van der Waals surface area contributed by atoms with Gasteiger partial charge in [-0.3, -0.25) is 14.5 Å². The highest BCUT2D eigenvalue weighted by atomic mass is 19.3. The molecule has 4 heterocycles. The van der Waals surface area contributed by atoms with Gasteiger partial charge in [0.15, 0.2) is 0 Å². The minimum Gasteiger partial charge on any atom is -0.369 e. The first-order valence-corrected chi connectivity index (χ1v) is 10.8. The third-order valence-electron chi connectivity index (χ3n) is 6.99. The van der Waals surface area contributed by atoms with Gasteiger partial charge in [0.1, 0.15) is 0 Å². The van der Waals surface area contributed by atoms with Gasteiger partial charge in [0.2, 0.25) is 0 Å². The minimum absolute atomic E-state index is 0.0761. The lowest BCUT2D eigenvalue weighted by Crippen LogP contribution is -2.27. The first-order valence-electron chi connectivity index (χ1n) is 10.8. The Morgan fingerprint density at radius 2 is 2.03 bits per heavy atom. The van der Waals surface area contributed by atoms with Crippen molar-refractivity contribution in [3.05, 3.63) is 59.7 Å². The van der Waals surface area contributed by atoms with Crippen molar-refractivity contribution in [2.75, 3.05) is 18.0 Å². The molecule has 0 radical (unpaired) electrons. The van der Waals surface area contributed by atoms with Crippen LogP contribution in [-0.2, 0) is 20.0 Å². The molecule has 8 nitrogen and oxygen atoms in total. The maximum Gasteiger partial charge on any atom is 0.258 e. The summed E-state index contributed by atoms with van der Waals surface area (Å²) in [6.07, 6.45) is 8.50. The van der Waals surface area contributed by atoms with Crippen LogP contribution in [-0.4, -0.2) is 49.2 Å². The monoisotopic (exact) mass is 439 g/mol. The Morgan fingerprint density at radius 3 is 2.78 bits per heavy atom. The number of halogens is 2. The van der Waals surface area contributed by atoms with E-state index in [1.165, 1.54) is 5.69 Å². The molecule has 6 rings (SSSR count). The van der Waals surface area contributed by atoms with Gasteiger partial charge in [-0.25, -0.2) is 13.8 Å². The molecule has 3 aromatic heterocycles. The van der Waals surface area contributed by atoms with Gasteiger partial charge in [-0.15, -0.1) is 0 Å². The third-order valence-corrected chi connectivity index (χ3v) is 6.99. The molecular formula is C22H23F2N7O. The SMILES string of the molecule is Cn1cnc2c1CC[C@H]2NC(=O)c1cnn(Cc2ccc(N3CC4C(C3)C4(F)F)cn2)c1. The van der Waals surface area contributed by atoms with Crippen molar-refractivity contribution in [2.24, 2.45) is 18.9 Å². The number of nitrogens with zero attached hydrogens (tertiary/aromatic N) is 6. The van der Waals surface area contributed by atoms with E-state index in [4.69, 9.17) is 0 Å². The van der Waals surface area contributed by atoms with E-state index in [0.717, 1.165) is 29.9 Å². The number of aromatic nitrogens is 5. The van der Waals surface area contributed by atoms with Crippen molar-refractivity contribution in [3.8, 4) is 0 Å². The molecule has 166 valence electrons. The van der Waals surface area contributed by atoms with E-state index in [2.05, 4.69) is 20.4 Å². The van der Waals surface area contributed by atoms with E-state index in [1.807, 2.05) is 28.6 Å². The fourth-order valence-electron chi connectivity index (χ4n) is 5.02. The summed E-state index contributed by atoms with van der Waals surface area (Å²) in [6, 6.07) is 3.71. The quantitative estimate of drug-likeness (QED) is 0.659. The highest BCUT2D eigenvalue weighted by molar-refractivity contribution is 5.94. The Bertz CT molecular complexity index is 1170. The van der Waals surface area contributed by atoms with Crippen molar-refractivity contribution in [3.63, 3.8) is 0 Å². The van der Waals surface area contributed by atoms with E-state index < -0.39 is 17.8 Å². The second-order valence-electron chi connectivity index (χ2n) is 8.98. The number of imidazole rings is 1. The van der Waals surface area contributed by atoms with Crippen LogP contribution in [0.15, 0.2) is 37.1 Å². The number of piperidine rings is 1. The Morgan fingerprint density at radius 1 is 1.22 bits per heavy atom. The molecule has 10 heteroatoms. The zero-order valence-electron chi connectivity index (χ0n) is 17.6. The molecule has 32 heavy (non-hydrogen) atoms. The van der Waals surface area contributed by atoms with E-state index in [0.29, 0.717) is 25.2 Å². The molecule has 3 aliphatic rings. The molecule has 1 saturated heterocycles. The van der Waals surface area contributed by atoms with Crippen molar-refractivity contribution in [2.45, 2.75) is 31.4 Å². The van der Waals surface area contributed by atoms with Gasteiger partial charge in [0, 0.05) is 32.0 Å². The van der Waals surface area contributed by atoms with Crippen LogP contribution in [0.4, 0.5) is 14.5 Å². The number of aryl methyl sites for hydroxylation is 1. The smallest absolute Gasteiger partial charge is 0.258 e. The molecule has 3 atom stereocenters. The van der Waals surface area contributed by atoms with Crippen molar-refractivity contribution in [1.82, 2.24) is 29.6 Å². The number of fused-ring (bicyclic) bond motifs is 2. The van der Waals surface area contributed by atoms with Crippen LogP contribution in [0.1, 0.15) is 39.9 Å². The Balaban J connectivity index is 1.07. The molecule has 1 aliphatic heterocycles. The predicted octanol–water partition coefficient (Wildman–Crippen LogP) is 2.18. The van der Waals surface area contributed by atoms with Gasteiger partial charge in [0.05, 0.1) is 65.8 Å². The molecule has 1 N–H and O–H groups in total. The lowest BCUT2D eigenvalue weighted by atomic mass is 10.2.